The first-order chi connectivity index (χ1) is 12.6. The summed E-state index contributed by atoms with van der Waals surface area (Å²) in [6, 6.07) is 14.4. The van der Waals surface area contributed by atoms with Gasteiger partial charge in [-0.05, 0) is 30.2 Å². The molecule has 0 unspecified atom stereocenters. The van der Waals surface area contributed by atoms with Gasteiger partial charge >= 0.3 is 5.97 Å². The molecule has 138 valence electrons. The number of rotatable bonds is 9. The highest BCUT2D eigenvalue weighted by Crippen LogP contribution is 2.16. The van der Waals surface area contributed by atoms with Crippen LogP contribution in [0.15, 0.2) is 48.5 Å². The van der Waals surface area contributed by atoms with Gasteiger partial charge in [-0.15, -0.1) is 0 Å². The van der Waals surface area contributed by atoms with Crippen molar-refractivity contribution in [2.75, 3.05) is 18.5 Å². The molecule has 0 radical (unpaired) electrons. The van der Waals surface area contributed by atoms with E-state index < -0.39 is 5.97 Å². The normalized spacial score (nSPS) is 10.2. The molecule has 1 amide bonds. The maximum atomic E-state index is 12.3. The van der Waals surface area contributed by atoms with Crippen LogP contribution in [-0.4, -0.2) is 25.0 Å². The summed E-state index contributed by atoms with van der Waals surface area (Å²) < 4.78 is 5.13. The summed E-state index contributed by atoms with van der Waals surface area (Å²) in [5, 5.41) is 6.49. The predicted molar refractivity (Wildman–Crippen MR) is 103 cm³/mol. The van der Waals surface area contributed by atoms with Gasteiger partial charge in [0.05, 0.1) is 5.56 Å². The van der Waals surface area contributed by atoms with Gasteiger partial charge in [-0.1, -0.05) is 55.3 Å². The molecule has 2 aromatic carbocycles. The summed E-state index contributed by atoms with van der Waals surface area (Å²) in [4.78, 5) is 24.2. The fraction of sp³-hybridized carbons (Fsp3) is 0.300. The van der Waals surface area contributed by atoms with E-state index in [-0.39, 0.29) is 19.1 Å². The zero-order chi connectivity index (χ0) is 18.8. The van der Waals surface area contributed by atoms with E-state index >= 15 is 0 Å². The largest absolute Gasteiger partial charge is 0.452 e. The van der Waals surface area contributed by atoms with Crippen molar-refractivity contribution in [1.29, 1.82) is 0 Å². The Hall–Kier alpha value is -2.53. The van der Waals surface area contributed by atoms with E-state index in [0.29, 0.717) is 16.3 Å². The third kappa shape index (κ3) is 6.08. The van der Waals surface area contributed by atoms with Gasteiger partial charge in [0.25, 0.3) is 5.91 Å². The van der Waals surface area contributed by atoms with Crippen molar-refractivity contribution in [2.24, 2.45) is 0 Å². The highest BCUT2D eigenvalue weighted by molar-refractivity contribution is 6.31. The van der Waals surface area contributed by atoms with E-state index in [1.807, 2.05) is 30.3 Å². The Morgan fingerprint density at radius 3 is 2.58 bits per heavy atom. The number of hydrogen-bond donors (Lipinski definition) is 2. The molecular weight excluding hydrogens is 352 g/mol. The van der Waals surface area contributed by atoms with Gasteiger partial charge in [0.1, 0.15) is 0 Å². The van der Waals surface area contributed by atoms with Crippen LogP contribution in [-0.2, 0) is 16.1 Å². The van der Waals surface area contributed by atoms with Crippen molar-refractivity contribution in [3.63, 3.8) is 0 Å². The maximum absolute atomic E-state index is 12.3. The summed E-state index contributed by atoms with van der Waals surface area (Å²) in [6.45, 7) is 2.82. The van der Waals surface area contributed by atoms with E-state index in [1.54, 1.807) is 18.2 Å². The third-order valence-corrected chi connectivity index (χ3v) is 4.13. The van der Waals surface area contributed by atoms with Crippen molar-refractivity contribution in [3.05, 3.63) is 64.7 Å². The zero-order valence-corrected chi connectivity index (χ0v) is 15.5. The number of carbonyl (C=O) groups is 2. The van der Waals surface area contributed by atoms with E-state index in [0.717, 1.165) is 24.9 Å². The third-order valence-electron chi connectivity index (χ3n) is 3.76. The molecule has 5 nitrogen and oxygen atoms in total. The Morgan fingerprint density at radius 1 is 1.08 bits per heavy atom. The van der Waals surface area contributed by atoms with Crippen LogP contribution in [0.5, 0.6) is 0 Å². The number of carbonyl (C=O) groups excluding carboxylic acids is 2. The molecule has 0 aliphatic heterocycles. The first-order valence-electron chi connectivity index (χ1n) is 8.62. The van der Waals surface area contributed by atoms with Crippen LogP contribution >= 0.6 is 11.6 Å². The van der Waals surface area contributed by atoms with Crippen molar-refractivity contribution in [2.45, 2.75) is 26.3 Å². The van der Waals surface area contributed by atoms with Crippen molar-refractivity contribution >= 4 is 29.2 Å². The second kappa shape index (κ2) is 10.5. The van der Waals surface area contributed by atoms with Crippen molar-refractivity contribution in [3.8, 4) is 0 Å². The maximum Gasteiger partial charge on any atom is 0.340 e. The number of unbranched alkanes of at least 4 members (excludes halogenated alkanes) is 1. The van der Waals surface area contributed by atoms with Crippen molar-refractivity contribution < 1.29 is 14.3 Å². The van der Waals surface area contributed by atoms with Crippen LogP contribution in [0, 0.1) is 0 Å². The standard InChI is InChI=1S/C20H23ClN2O3/c1-2-3-12-22-18-11-7-5-9-16(18)20(25)26-14-19(24)23-13-15-8-4-6-10-17(15)21/h4-11,22H,2-3,12-14H2,1H3,(H,23,24). The minimum Gasteiger partial charge on any atom is -0.452 e. The Balaban J connectivity index is 1.84. The van der Waals surface area contributed by atoms with Gasteiger partial charge in [0.2, 0.25) is 0 Å². The lowest BCUT2D eigenvalue weighted by atomic mass is 10.1. The molecule has 2 aromatic rings. The predicted octanol–water partition coefficient (Wildman–Crippen LogP) is 4.03. The molecule has 0 aliphatic rings. The summed E-state index contributed by atoms with van der Waals surface area (Å²) in [5.74, 6) is -0.910. The molecule has 0 bridgehead atoms. The quantitative estimate of drug-likeness (QED) is 0.513. The van der Waals surface area contributed by atoms with Crippen LogP contribution in [0.2, 0.25) is 5.02 Å². The first-order valence-corrected chi connectivity index (χ1v) is 8.99. The average Bonchev–Trinajstić information content (AvgIpc) is 2.66. The Morgan fingerprint density at radius 2 is 1.81 bits per heavy atom. The molecule has 26 heavy (non-hydrogen) atoms. The van der Waals surface area contributed by atoms with E-state index in [9.17, 15) is 9.59 Å². The van der Waals surface area contributed by atoms with Crippen molar-refractivity contribution in [1.82, 2.24) is 5.32 Å². The van der Waals surface area contributed by atoms with Crippen LogP contribution in [0.1, 0.15) is 35.7 Å². The number of hydrogen-bond acceptors (Lipinski definition) is 4. The number of benzene rings is 2. The van der Waals surface area contributed by atoms with Gasteiger partial charge in [-0.3, -0.25) is 4.79 Å². The highest BCUT2D eigenvalue weighted by atomic mass is 35.5. The second-order valence-corrected chi connectivity index (χ2v) is 6.18. The fourth-order valence-electron chi connectivity index (χ4n) is 2.31. The van der Waals surface area contributed by atoms with E-state index in [1.165, 1.54) is 0 Å². The molecule has 2 N–H and O–H groups in total. The van der Waals surface area contributed by atoms with Crippen LogP contribution in [0.25, 0.3) is 0 Å². The highest BCUT2D eigenvalue weighted by Gasteiger charge is 2.14. The smallest absolute Gasteiger partial charge is 0.340 e. The van der Waals surface area contributed by atoms with Gasteiger partial charge in [-0.25, -0.2) is 4.79 Å². The fourth-order valence-corrected chi connectivity index (χ4v) is 2.51. The summed E-state index contributed by atoms with van der Waals surface area (Å²) in [7, 11) is 0. The summed E-state index contributed by atoms with van der Waals surface area (Å²) >= 11 is 6.04. The molecule has 0 saturated heterocycles. The average molecular weight is 375 g/mol. The Bertz CT molecular complexity index is 749. The van der Waals surface area contributed by atoms with Crippen LogP contribution in [0.4, 0.5) is 5.69 Å². The number of amides is 1. The van der Waals surface area contributed by atoms with Gasteiger partial charge in [0, 0.05) is 23.8 Å². The molecule has 6 heteroatoms. The molecule has 0 spiro atoms. The zero-order valence-electron chi connectivity index (χ0n) is 14.8. The number of anilines is 1. The van der Waals surface area contributed by atoms with E-state index in [2.05, 4.69) is 17.6 Å². The van der Waals surface area contributed by atoms with Gasteiger partial charge in [-0.2, -0.15) is 0 Å². The molecular formula is C20H23ClN2O3. The van der Waals surface area contributed by atoms with Gasteiger partial charge in [0.15, 0.2) is 6.61 Å². The number of para-hydroxylation sites is 1. The molecule has 0 heterocycles. The molecule has 0 aliphatic carbocycles. The lowest BCUT2D eigenvalue weighted by molar-refractivity contribution is -0.124. The molecule has 0 aromatic heterocycles. The molecule has 0 atom stereocenters. The topological polar surface area (TPSA) is 67.4 Å². The lowest BCUT2D eigenvalue weighted by Gasteiger charge is -2.11. The minimum atomic E-state index is -0.530. The molecule has 2 rings (SSSR count). The number of ether oxygens (including phenoxy) is 1. The lowest BCUT2D eigenvalue weighted by Crippen LogP contribution is -2.28. The minimum absolute atomic E-state index is 0.283. The number of halogens is 1. The number of esters is 1. The molecule has 0 fully saturated rings. The first kappa shape index (κ1) is 19.8. The van der Waals surface area contributed by atoms with Crippen LogP contribution in [0.3, 0.4) is 0 Å². The SMILES string of the molecule is CCCCNc1ccccc1C(=O)OCC(=O)NCc1ccccc1Cl. The Labute approximate surface area is 158 Å². The van der Waals surface area contributed by atoms with E-state index in [4.69, 9.17) is 16.3 Å². The Kier molecular flexibility index (Phi) is 7.96. The van der Waals surface area contributed by atoms with Crippen LogP contribution < -0.4 is 10.6 Å². The van der Waals surface area contributed by atoms with Gasteiger partial charge < -0.3 is 15.4 Å². The molecule has 0 saturated carbocycles. The summed E-state index contributed by atoms with van der Waals surface area (Å²) in [6.07, 6.45) is 2.07. The monoisotopic (exact) mass is 374 g/mol. The summed E-state index contributed by atoms with van der Waals surface area (Å²) in [5.41, 5.74) is 1.93. The second-order valence-electron chi connectivity index (χ2n) is 5.77. The number of nitrogens with one attached hydrogen (secondary N) is 2.